The van der Waals surface area contributed by atoms with Gasteiger partial charge < -0.3 is 4.74 Å². The number of halogens is 6. The summed E-state index contributed by atoms with van der Waals surface area (Å²) in [6.45, 7) is 1.35. The van der Waals surface area contributed by atoms with Crippen LogP contribution in [0.2, 0.25) is 0 Å². The maximum absolute atomic E-state index is 13.5. The molecule has 6 nitrogen and oxygen atoms in total. The van der Waals surface area contributed by atoms with Crippen LogP contribution >= 0.6 is 11.3 Å². The van der Waals surface area contributed by atoms with E-state index in [1.165, 1.54) is 6.07 Å². The lowest BCUT2D eigenvalue weighted by atomic mass is 10.1. The Kier molecular flexibility index (Phi) is 6.30. The van der Waals surface area contributed by atoms with Gasteiger partial charge in [-0.3, -0.25) is 9.59 Å². The van der Waals surface area contributed by atoms with E-state index in [4.69, 9.17) is 4.74 Å². The van der Waals surface area contributed by atoms with Crippen LogP contribution in [0.1, 0.15) is 28.8 Å². The van der Waals surface area contributed by atoms with Gasteiger partial charge in [-0.25, -0.2) is 9.67 Å². The van der Waals surface area contributed by atoms with Crippen molar-refractivity contribution in [2.45, 2.75) is 32.2 Å². The fourth-order valence-electron chi connectivity index (χ4n) is 3.54. The SMILES string of the molecule is CCOC(=O)Cc1nn(Cc2nc3cc(C(F)(F)F)cc(C(F)(F)F)c3s2)c(=O)c2ccccc12. The first-order valence-electron chi connectivity index (χ1n) is 10.1. The summed E-state index contributed by atoms with van der Waals surface area (Å²) >= 11 is 0.517. The molecule has 184 valence electrons. The molecule has 0 saturated carbocycles. The minimum atomic E-state index is -5.05. The molecule has 35 heavy (non-hydrogen) atoms. The molecule has 0 unspecified atom stereocenters. The molecule has 0 fully saturated rings. The molecule has 0 atom stereocenters. The molecule has 0 saturated heterocycles. The number of hydrogen-bond donors (Lipinski definition) is 0. The second kappa shape index (κ2) is 8.95. The highest BCUT2D eigenvalue weighted by molar-refractivity contribution is 7.18. The Hall–Kier alpha value is -3.48. The largest absolute Gasteiger partial charge is 0.466 e. The predicted octanol–water partition coefficient (Wildman–Crippen LogP) is 5.20. The van der Waals surface area contributed by atoms with Crippen molar-refractivity contribution < 1.29 is 35.9 Å². The third-order valence-electron chi connectivity index (χ3n) is 5.01. The number of alkyl halides is 6. The molecule has 2 aromatic heterocycles. The van der Waals surface area contributed by atoms with Gasteiger partial charge in [-0.15, -0.1) is 11.3 Å². The number of rotatable bonds is 5. The first-order chi connectivity index (χ1) is 16.4. The molecule has 0 radical (unpaired) electrons. The fraction of sp³-hybridized carbons (Fsp3) is 0.273. The van der Waals surface area contributed by atoms with E-state index in [0.717, 1.165) is 4.68 Å². The van der Waals surface area contributed by atoms with Crippen molar-refractivity contribution in [3.63, 3.8) is 0 Å². The number of fused-ring (bicyclic) bond motifs is 2. The molecule has 0 amide bonds. The summed E-state index contributed by atoms with van der Waals surface area (Å²) in [4.78, 5) is 28.9. The predicted molar refractivity (Wildman–Crippen MR) is 115 cm³/mol. The molecule has 13 heteroatoms. The molecule has 0 aliphatic carbocycles. The van der Waals surface area contributed by atoms with Crippen LogP contribution in [0.4, 0.5) is 26.3 Å². The highest BCUT2D eigenvalue weighted by atomic mass is 32.1. The van der Waals surface area contributed by atoms with Crippen LogP contribution in [-0.2, 0) is 34.8 Å². The zero-order valence-electron chi connectivity index (χ0n) is 17.8. The smallest absolute Gasteiger partial charge is 0.417 e. The molecular formula is C22H15F6N3O3S. The summed E-state index contributed by atoms with van der Waals surface area (Å²) < 4.78 is 85.3. The number of esters is 1. The second-order valence-electron chi connectivity index (χ2n) is 7.41. The number of aromatic nitrogens is 3. The van der Waals surface area contributed by atoms with Gasteiger partial charge in [0.25, 0.3) is 5.56 Å². The van der Waals surface area contributed by atoms with Gasteiger partial charge in [-0.1, -0.05) is 18.2 Å². The first-order valence-corrected chi connectivity index (χ1v) is 10.9. The van der Waals surface area contributed by atoms with Crippen LogP contribution in [0, 0.1) is 0 Å². The van der Waals surface area contributed by atoms with Gasteiger partial charge in [-0.05, 0) is 25.1 Å². The molecule has 4 aromatic rings. The summed E-state index contributed by atoms with van der Waals surface area (Å²) in [5.74, 6) is -0.593. The standard InChI is InChI=1S/C22H15F6N3O3S/c1-2-34-18(32)9-15-12-5-3-4-6-13(12)20(33)31(30-15)10-17-29-16-8-11(21(23,24)25)7-14(19(16)35-17)22(26,27)28/h3-8H,2,9-10H2,1H3. The summed E-state index contributed by atoms with van der Waals surface area (Å²) in [5, 5.41) is 4.74. The zero-order valence-corrected chi connectivity index (χ0v) is 18.6. The lowest BCUT2D eigenvalue weighted by molar-refractivity contribution is -0.143. The quantitative estimate of drug-likeness (QED) is 0.270. The van der Waals surface area contributed by atoms with E-state index in [-0.39, 0.29) is 35.2 Å². The van der Waals surface area contributed by atoms with Gasteiger partial charge in [0.2, 0.25) is 0 Å². The Labute approximate surface area is 196 Å². The van der Waals surface area contributed by atoms with E-state index in [0.29, 0.717) is 22.8 Å². The Morgan fingerprint density at radius 3 is 2.37 bits per heavy atom. The van der Waals surface area contributed by atoms with E-state index in [1.54, 1.807) is 25.1 Å². The topological polar surface area (TPSA) is 74.1 Å². The van der Waals surface area contributed by atoms with Gasteiger partial charge in [0.1, 0.15) is 5.01 Å². The number of carbonyl (C=O) groups is 1. The second-order valence-corrected chi connectivity index (χ2v) is 8.50. The van der Waals surface area contributed by atoms with Crippen molar-refractivity contribution in [1.82, 2.24) is 14.8 Å². The lowest BCUT2D eigenvalue weighted by Crippen LogP contribution is -2.26. The van der Waals surface area contributed by atoms with Gasteiger partial charge >= 0.3 is 18.3 Å². The molecule has 0 spiro atoms. The molecular weight excluding hydrogens is 500 g/mol. The van der Waals surface area contributed by atoms with Gasteiger partial charge in [0, 0.05) is 5.39 Å². The van der Waals surface area contributed by atoms with Gasteiger partial charge in [-0.2, -0.15) is 31.4 Å². The normalized spacial score (nSPS) is 12.4. The number of ether oxygens (including phenoxy) is 1. The highest BCUT2D eigenvalue weighted by Gasteiger charge is 2.39. The van der Waals surface area contributed by atoms with Crippen LogP contribution in [0.5, 0.6) is 0 Å². The van der Waals surface area contributed by atoms with E-state index < -0.39 is 51.8 Å². The minimum absolute atomic E-state index is 0.0438. The van der Waals surface area contributed by atoms with Crippen LogP contribution in [0.25, 0.3) is 21.0 Å². The average molecular weight is 515 g/mol. The minimum Gasteiger partial charge on any atom is -0.466 e. The monoisotopic (exact) mass is 515 g/mol. The van der Waals surface area contributed by atoms with Crippen molar-refractivity contribution in [2.24, 2.45) is 0 Å². The van der Waals surface area contributed by atoms with E-state index in [9.17, 15) is 35.9 Å². The van der Waals surface area contributed by atoms with Crippen LogP contribution in [0.3, 0.4) is 0 Å². The number of benzene rings is 2. The van der Waals surface area contributed by atoms with Crippen molar-refractivity contribution >= 4 is 38.3 Å². The summed E-state index contributed by atoms with van der Waals surface area (Å²) in [7, 11) is 0. The highest BCUT2D eigenvalue weighted by Crippen LogP contribution is 2.42. The third-order valence-corrected chi connectivity index (χ3v) is 6.10. The average Bonchev–Trinajstić information content (AvgIpc) is 3.17. The number of thiazole rings is 1. The van der Waals surface area contributed by atoms with Crippen molar-refractivity contribution in [2.75, 3.05) is 6.61 Å². The van der Waals surface area contributed by atoms with E-state index in [2.05, 4.69) is 10.1 Å². The molecule has 2 aromatic carbocycles. The maximum atomic E-state index is 13.5. The van der Waals surface area contributed by atoms with Gasteiger partial charge in [0.05, 0.1) is 52.0 Å². The summed E-state index contributed by atoms with van der Waals surface area (Å²) in [6, 6.07) is 6.91. The van der Waals surface area contributed by atoms with Gasteiger partial charge in [0.15, 0.2) is 0 Å². The number of carbonyl (C=O) groups excluding carboxylic acids is 1. The van der Waals surface area contributed by atoms with Crippen molar-refractivity contribution in [3.8, 4) is 0 Å². The fourth-order valence-corrected chi connectivity index (χ4v) is 4.60. The van der Waals surface area contributed by atoms with E-state index >= 15 is 0 Å². The molecule has 4 rings (SSSR count). The molecule has 0 N–H and O–H groups in total. The zero-order chi connectivity index (χ0) is 25.5. The van der Waals surface area contributed by atoms with Crippen molar-refractivity contribution in [1.29, 1.82) is 0 Å². The summed E-state index contributed by atoms with van der Waals surface area (Å²) in [5.41, 5.74) is -3.83. The Morgan fingerprint density at radius 2 is 1.74 bits per heavy atom. The molecule has 0 aliphatic rings. The summed E-state index contributed by atoms with van der Waals surface area (Å²) in [6.07, 6.45) is -10.3. The maximum Gasteiger partial charge on any atom is 0.417 e. The Bertz CT molecular complexity index is 1490. The Morgan fingerprint density at radius 1 is 1.06 bits per heavy atom. The lowest BCUT2D eigenvalue weighted by Gasteiger charge is -2.12. The number of nitrogens with zero attached hydrogens (tertiary/aromatic N) is 3. The Balaban J connectivity index is 1.83. The molecule has 0 aliphatic heterocycles. The van der Waals surface area contributed by atoms with Crippen LogP contribution < -0.4 is 5.56 Å². The van der Waals surface area contributed by atoms with Crippen molar-refractivity contribution in [3.05, 3.63) is 68.6 Å². The van der Waals surface area contributed by atoms with Crippen LogP contribution in [-0.4, -0.2) is 27.3 Å². The molecule has 2 heterocycles. The van der Waals surface area contributed by atoms with Crippen LogP contribution in [0.15, 0.2) is 41.2 Å². The first kappa shape index (κ1) is 24.6. The van der Waals surface area contributed by atoms with E-state index in [1.807, 2.05) is 0 Å². The number of hydrogen-bond acceptors (Lipinski definition) is 6. The third kappa shape index (κ3) is 4.99. The molecule has 0 bridgehead atoms.